The van der Waals surface area contributed by atoms with Crippen LogP contribution in [0.4, 0.5) is 0 Å². The monoisotopic (exact) mass is 272 g/mol. The van der Waals surface area contributed by atoms with Crippen molar-refractivity contribution < 1.29 is 0 Å². The third kappa shape index (κ3) is 3.62. The summed E-state index contributed by atoms with van der Waals surface area (Å²) < 4.78 is 0. The number of hydrogen-bond acceptors (Lipinski definition) is 2. The molecule has 1 aromatic rings. The van der Waals surface area contributed by atoms with Gasteiger partial charge in [0.25, 0.3) is 0 Å². The molecule has 20 heavy (non-hydrogen) atoms. The number of hydrogen-bond donors (Lipinski definition) is 1. The average Bonchev–Trinajstić information content (AvgIpc) is 3.18. The van der Waals surface area contributed by atoms with Gasteiger partial charge in [-0.05, 0) is 49.3 Å². The first-order chi connectivity index (χ1) is 9.72. The van der Waals surface area contributed by atoms with Gasteiger partial charge in [-0.15, -0.1) is 0 Å². The second-order valence-corrected chi connectivity index (χ2v) is 6.85. The van der Waals surface area contributed by atoms with Crippen molar-refractivity contribution in [3.8, 4) is 0 Å². The predicted molar refractivity (Wildman–Crippen MR) is 85.0 cm³/mol. The Kier molecular flexibility index (Phi) is 4.42. The zero-order chi connectivity index (χ0) is 13.9. The van der Waals surface area contributed by atoms with Crippen molar-refractivity contribution in [3.63, 3.8) is 0 Å². The van der Waals surface area contributed by atoms with Gasteiger partial charge in [0.15, 0.2) is 0 Å². The van der Waals surface area contributed by atoms with Crippen molar-refractivity contribution in [2.45, 2.75) is 64.1 Å². The van der Waals surface area contributed by atoms with Crippen LogP contribution < -0.4 is 5.32 Å². The van der Waals surface area contributed by atoms with Crippen molar-refractivity contribution in [2.24, 2.45) is 0 Å². The van der Waals surface area contributed by atoms with E-state index in [0.29, 0.717) is 5.92 Å². The molecule has 3 rings (SSSR count). The maximum atomic E-state index is 3.70. The van der Waals surface area contributed by atoms with E-state index in [1.54, 1.807) is 0 Å². The molecule has 1 saturated carbocycles. The molecule has 1 aromatic carbocycles. The molecule has 0 bridgehead atoms. The lowest BCUT2D eigenvalue weighted by Crippen LogP contribution is -2.38. The van der Waals surface area contributed by atoms with Gasteiger partial charge in [0.05, 0.1) is 0 Å². The zero-order valence-corrected chi connectivity index (χ0v) is 12.9. The van der Waals surface area contributed by atoms with Crippen LogP contribution in [0, 0.1) is 0 Å². The fraction of sp³-hybridized carbons (Fsp3) is 0.667. The van der Waals surface area contributed by atoms with E-state index in [2.05, 4.69) is 48.3 Å². The van der Waals surface area contributed by atoms with Gasteiger partial charge in [0, 0.05) is 25.2 Å². The normalized spacial score (nSPS) is 23.6. The minimum absolute atomic E-state index is 0.631. The van der Waals surface area contributed by atoms with Crippen LogP contribution in [0.1, 0.15) is 56.6 Å². The van der Waals surface area contributed by atoms with E-state index in [9.17, 15) is 0 Å². The van der Waals surface area contributed by atoms with Crippen LogP contribution in [0.3, 0.4) is 0 Å². The summed E-state index contributed by atoms with van der Waals surface area (Å²) in [5.74, 6) is 0.631. The van der Waals surface area contributed by atoms with Gasteiger partial charge in [0.2, 0.25) is 0 Å². The van der Waals surface area contributed by atoms with E-state index < -0.39 is 0 Å². The largest absolute Gasteiger partial charge is 0.312 e. The summed E-state index contributed by atoms with van der Waals surface area (Å²) in [6.45, 7) is 8.09. The molecule has 1 N–H and O–H groups in total. The maximum Gasteiger partial charge on any atom is 0.0237 e. The highest BCUT2D eigenvalue weighted by Crippen LogP contribution is 2.23. The second kappa shape index (κ2) is 6.28. The summed E-state index contributed by atoms with van der Waals surface area (Å²) in [7, 11) is 0. The lowest BCUT2D eigenvalue weighted by molar-refractivity contribution is 0.239. The van der Waals surface area contributed by atoms with Crippen molar-refractivity contribution in [1.29, 1.82) is 0 Å². The van der Waals surface area contributed by atoms with E-state index in [-0.39, 0.29) is 0 Å². The van der Waals surface area contributed by atoms with Gasteiger partial charge in [-0.1, -0.05) is 38.1 Å². The minimum atomic E-state index is 0.631. The number of benzene rings is 1. The molecule has 2 nitrogen and oxygen atoms in total. The second-order valence-electron chi connectivity index (χ2n) is 6.85. The molecule has 0 radical (unpaired) electrons. The fourth-order valence-corrected chi connectivity index (χ4v) is 3.17. The molecule has 1 aliphatic heterocycles. The highest BCUT2D eigenvalue weighted by Gasteiger charge is 2.27. The van der Waals surface area contributed by atoms with Gasteiger partial charge in [-0.3, -0.25) is 4.90 Å². The first-order valence-corrected chi connectivity index (χ1v) is 8.28. The highest BCUT2D eigenvalue weighted by atomic mass is 15.2. The van der Waals surface area contributed by atoms with Crippen molar-refractivity contribution >= 4 is 0 Å². The molecule has 1 saturated heterocycles. The zero-order valence-electron chi connectivity index (χ0n) is 12.9. The Morgan fingerprint density at radius 3 is 2.55 bits per heavy atom. The molecule has 1 unspecified atom stereocenters. The van der Waals surface area contributed by atoms with E-state index >= 15 is 0 Å². The third-order valence-corrected chi connectivity index (χ3v) is 4.75. The highest BCUT2D eigenvalue weighted by molar-refractivity contribution is 5.24. The van der Waals surface area contributed by atoms with E-state index in [1.807, 2.05) is 0 Å². The van der Waals surface area contributed by atoms with E-state index in [0.717, 1.165) is 18.6 Å². The molecular formula is C18H28N2. The Balaban J connectivity index is 1.54. The molecule has 2 fully saturated rings. The van der Waals surface area contributed by atoms with Crippen molar-refractivity contribution in [2.75, 3.05) is 13.1 Å². The molecule has 2 aliphatic rings. The van der Waals surface area contributed by atoms with Crippen LogP contribution >= 0.6 is 0 Å². The van der Waals surface area contributed by atoms with Crippen LogP contribution in [0.2, 0.25) is 0 Å². The van der Waals surface area contributed by atoms with Gasteiger partial charge in [-0.25, -0.2) is 0 Å². The Morgan fingerprint density at radius 1 is 1.15 bits per heavy atom. The van der Waals surface area contributed by atoms with Gasteiger partial charge >= 0.3 is 0 Å². The van der Waals surface area contributed by atoms with Crippen LogP contribution in [-0.2, 0) is 6.54 Å². The average molecular weight is 272 g/mol. The van der Waals surface area contributed by atoms with Crippen LogP contribution in [-0.4, -0.2) is 30.1 Å². The smallest absolute Gasteiger partial charge is 0.0237 e. The van der Waals surface area contributed by atoms with Crippen LogP contribution in [0.5, 0.6) is 0 Å². The van der Waals surface area contributed by atoms with Gasteiger partial charge in [0.1, 0.15) is 0 Å². The summed E-state index contributed by atoms with van der Waals surface area (Å²) in [6.07, 6.45) is 5.51. The standard InChI is InChI=1S/C18H28N2/c1-14(2)16-7-5-15(6-8-16)13-20-11-3-4-18(20)12-19-17-9-10-17/h5-8,14,17-19H,3-4,9-13H2,1-2H3. The topological polar surface area (TPSA) is 15.3 Å². The summed E-state index contributed by atoms with van der Waals surface area (Å²) in [5.41, 5.74) is 2.91. The Hall–Kier alpha value is -0.860. The SMILES string of the molecule is CC(C)c1ccc(CN2CCCC2CNC2CC2)cc1. The number of nitrogens with one attached hydrogen (secondary N) is 1. The number of nitrogens with zero attached hydrogens (tertiary/aromatic N) is 1. The van der Waals surface area contributed by atoms with Crippen molar-refractivity contribution in [3.05, 3.63) is 35.4 Å². The Morgan fingerprint density at radius 2 is 1.90 bits per heavy atom. The fourth-order valence-electron chi connectivity index (χ4n) is 3.17. The molecule has 1 heterocycles. The van der Waals surface area contributed by atoms with Crippen molar-refractivity contribution in [1.82, 2.24) is 10.2 Å². The predicted octanol–water partition coefficient (Wildman–Crippen LogP) is 3.53. The van der Waals surface area contributed by atoms with E-state index in [4.69, 9.17) is 0 Å². The number of rotatable bonds is 6. The Labute approximate surface area is 123 Å². The summed E-state index contributed by atoms with van der Waals surface area (Å²) >= 11 is 0. The van der Waals surface area contributed by atoms with Gasteiger partial charge < -0.3 is 5.32 Å². The minimum Gasteiger partial charge on any atom is -0.312 e. The summed E-state index contributed by atoms with van der Waals surface area (Å²) in [4.78, 5) is 2.67. The first-order valence-electron chi connectivity index (χ1n) is 8.28. The lowest BCUT2D eigenvalue weighted by Gasteiger charge is -2.25. The summed E-state index contributed by atoms with van der Waals surface area (Å²) in [5, 5.41) is 3.70. The molecule has 0 spiro atoms. The molecule has 0 aromatic heterocycles. The molecule has 1 aliphatic carbocycles. The van der Waals surface area contributed by atoms with Gasteiger partial charge in [-0.2, -0.15) is 0 Å². The van der Waals surface area contributed by atoms with E-state index in [1.165, 1.54) is 49.9 Å². The first kappa shape index (κ1) is 14.1. The van der Waals surface area contributed by atoms with Crippen LogP contribution in [0.25, 0.3) is 0 Å². The summed E-state index contributed by atoms with van der Waals surface area (Å²) in [6, 6.07) is 10.8. The number of likely N-dealkylation sites (tertiary alicyclic amines) is 1. The quantitative estimate of drug-likeness (QED) is 0.852. The third-order valence-electron chi connectivity index (χ3n) is 4.75. The molecule has 110 valence electrons. The molecule has 1 atom stereocenters. The van der Waals surface area contributed by atoms with Crippen LogP contribution in [0.15, 0.2) is 24.3 Å². The Bertz CT molecular complexity index is 420. The lowest BCUT2D eigenvalue weighted by atomic mass is 10.0. The molecule has 2 heteroatoms. The maximum absolute atomic E-state index is 3.70. The molecular weight excluding hydrogens is 244 g/mol. The molecule has 0 amide bonds.